The summed E-state index contributed by atoms with van der Waals surface area (Å²) in [5.74, 6) is 0.284. The Kier molecular flexibility index (Phi) is 3.88. The van der Waals surface area contributed by atoms with Gasteiger partial charge < -0.3 is 19.4 Å². The predicted octanol–water partition coefficient (Wildman–Crippen LogP) is 1.28. The van der Waals surface area contributed by atoms with Gasteiger partial charge >= 0.3 is 7.12 Å². The molecule has 124 valence electrons. The Bertz CT molecular complexity index is 613. The summed E-state index contributed by atoms with van der Waals surface area (Å²) in [7, 11) is 0.982. The second kappa shape index (κ2) is 5.49. The van der Waals surface area contributed by atoms with E-state index in [0.29, 0.717) is 16.8 Å². The summed E-state index contributed by atoms with van der Waals surface area (Å²) in [5, 5.41) is 2.63. The van der Waals surface area contributed by atoms with Crippen LogP contribution in [0.1, 0.15) is 50.9 Å². The molecule has 23 heavy (non-hydrogen) atoms. The van der Waals surface area contributed by atoms with Gasteiger partial charge in [0.15, 0.2) is 0 Å². The van der Waals surface area contributed by atoms with Crippen molar-refractivity contribution in [2.75, 3.05) is 7.05 Å². The van der Waals surface area contributed by atoms with Gasteiger partial charge in [-0.3, -0.25) is 9.78 Å². The third kappa shape index (κ3) is 2.95. The number of nitrogens with zero attached hydrogens (tertiary/aromatic N) is 1. The number of nitrogens with one attached hydrogen (secondary N) is 1. The van der Waals surface area contributed by atoms with E-state index in [1.54, 1.807) is 13.2 Å². The molecule has 1 aromatic heterocycles. The van der Waals surface area contributed by atoms with E-state index in [0.717, 1.165) is 12.8 Å². The van der Waals surface area contributed by atoms with Gasteiger partial charge in [0, 0.05) is 24.9 Å². The average Bonchev–Trinajstić information content (AvgIpc) is 3.25. The Labute approximate surface area is 137 Å². The van der Waals surface area contributed by atoms with Gasteiger partial charge in [-0.1, -0.05) is 0 Å². The van der Waals surface area contributed by atoms with Gasteiger partial charge in [-0.15, -0.1) is 0 Å². The van der Waals surface area contributed by atoms with Crippen molar-refractivity contribution in [2.45, 2.75) is 57.8 Å². The number of hydrogen-bond acceptors (Lipinski definition) is 5. The summed E-state index contributed by atoms with van der Waals surface area (Å²) in [5.41, 5.74) is 0.151. The average molecular weight is 318 g/mol. The summed E-state index contributed by atoms with van der Waals surface area (Å²) in [6.45, 7) is 7.96. The van der Waals surface area contributed by atoms with Crippen LogP contribution in [0, 0.1) is 0 Å². The van der Waals surface area contributed by atoms with E-state index < -0.39 is 18.3 Å². The van der Waals surface area contributed by atoms with Gasteiger partial charge in [-0.2, -0.15) is 0 Å². The molecule has 0 radical (unpaired) electrons. The quantitative estimate of drug-likeness (QED) is 0.847. The van der Waals surface area contributed by atoms with Crippen LogP contribution in [-0.4, -0.2) is 42.4 Å². The van der Waals surface area contributed by atoms with Gasteiger partial charge in [0.05, 0.1) is 22.9 Å². The van der Waals surface area contributed by atoms with Crippen molar-refractivity contribution in [1.29, 1.82) is 0 Å². The largest absolute Gasteiger partial charge is 0.500 e. The third-order valence-corrected chi connectivity index (χ3v) is 4.71. The maximum absolute atomic E-state index is 12.1. The van der Waals surface area contributed by atoms with Crippen LogP contribution >= 0.6 is 0 Å². The summed E-state index contributed by atoms with van der Waals surface area (Å²) in [6.07, 6.45) is 5.33. The first-order valence-electron chi connectivity index (χ1n) is 7.97. The molecule has 0 unspecified atom stereocenters. The minimum absolute atomic E-state index is 0.155. The lowest BCUT2D eigenvalue weighted by Gasteiger charge is -2.32. The van der Waals surface area contributed by atoms with Crippen LogP contribution in [0.2, 0.25) is 0 Å². The van der Waals surface area contributed by atoms with E-state index in [4.69, 9.17) is 14.0 Å². The van der Waals surface area contributed by atoms with E-state index in [-0.39, 0.29) is 12.0 Å². The molecule has 0 atom stereocenters. The van der Waals surface area contributed by atoms with Crippen molar-refractivity contribution < 1.29 is 18.8 Å². The fourth-order valence-electron chi connectivity index (χ4n) is 2.38. The van der Waals surface area contributed by atoms with Crippen molar-refractivity contribution in [3.05, 3.63) is 18.0 Å². The second-order valence-electron chi connectivity index (χ2n) is 7.09. The van der Waals surface area contributed by atoms with Crippen LogP contribution in [0.25, 0.3) is 0 Å². The summed E-state index contributed by atoms with van der Waals surface area (Å²) in [4.78, 5) is 16.3. The van der Waals surface area contributed by atoms with Gasteiger partial charge in [-0.05, 0) is 40.5 Å². The summed E-state index contributed by atoms with van der Waals surface area (Å²) >= 11 is 0. The molecule has 1 N–H and O–H groups in total. The fraction of sp³-hybridized carbons (Fsp3) is 0.625. The number of pyridine rings is 1. The molecule has 1 aliphatic heterocycles. The zero-order valence-corrected chi connectivity index (χ0v) is 14.3. The van der Waals surface area contributed by atoms with Gasteiger partial charge in [0.25, 0.3) is 5.91 Å². The molecule has 1 saturated heterocycles. The number of carbonyl (C=O) groups is 1. The molecule has 1 aliphatic carbocycles. The number of aromatic nitrogens is 1. The molecule has 3 rings (SSSR count). The first-order chi connectivity index (χ1) is 10.7. The minimum Gasteiger partial charge on any atom is -0.490 e. The maximum atomic E-state index is 12.1. The summed E-state index contributed by atoms with van der Waals surface area (Å²) < 4.78 is 18.2. The highest BCUT2D eigenvalue weighted by molar-refractivity contribution is 6.63. The Hall–Kier alpha value is -1.60. The Morgan fingerprint density at radius 3 is 2.39 bits per heavy atom. The fourth-order valence-corrected chi connectivity index (χ4v) is 2.38. The van der Waals surface area contributed by atoms with Crippen molar-refractivity contribution in [3.63, 3.8) is 0 Å². The highest BCUT2D eigenvalue weighted by Gasteiger charge is 2.53. The monoisotopic (exact) mass is 318 g/mol. The SMILES string of the molecule is CNC(=O)c1cncc(B2OC(C)(C)C(C)(C)O2)c1OC1CC1. The smallest absolute Gasteiger partial charge is 0.490 e. The number of rotatable bonds is 4. The molecular weight excluding hydrogens is 295 g/mol. The van der Waals surface area contributed by atoms with Crippen LogP contribution in [-0.2, 0) is 9.31 Å². The predicted molar refractivity (Wildman–Crippen MR) is 87.0 cm³/mol. The highest BCUT2D eigenvalue weighted by Crippen LogP contribution is 2.38. The van der Waals surface area contributed by atoms with Gasteiger partial charge in [0.1, 0.15) is 5.75 Å². The van der Waals surface area contributed by atoms with Crippen LogP contribution in [0.3, 0.4) is 0 Å². The van der Waals surface area contributed by atoms with Gasteiger partial charge in [0.2, 0.25) is 0 Å². The van der Waals surface area contributed by atoms with Crippen LogP contribution in [0.15, 0.2) is 12.4 Å². The molecule has 2 heterocycles. The molecule has 0 spiro atoms. The molecule has 2 fully saturated rings. The number of amides is 1. The van der Waals surface area contributed by atoms with E-state index >= 15 is 0 Å². The molecule has 0 aromatic carbocycles. The first kappa shape index (κ1) is 16.3. The molecule has 1 amide bonds. The van der Waals surface area contributed by atoms with Crippen molar-refractivity contribution in [2.24, 2.45) is 0 Å². The number of ether oxygens (including phenoxy) is 1. The molecule has 1 aromatic rings. The zero-order chi connectivity index (χ0) is 16.8. The van der Waals surface area contributed by atoms with E-state index in [1.165, 1.54) is 6.20 Å². The molecule has 1 saturated carbocycles. The number of hydrogen-bond donors (Lipinski definition) is 1. The van der Waals surface area contributed by atoms with E-state index in [9.17, 15) is 4.79 Å². The standard InChI is InChI=1S/C16H23BN2O4/c1-15(2)16(3,4)23-17(22-15)12-9-19-8-11(14(20)18-5)13(12)21-10-6-7-10/h8-10H,6-7H2,1-5H3,(H,18,20). The lowest BCUT2D eigenvalue weighted by atomic mass is 9.78. The topological polar surface area (TPSA) is 69.7 Å². The van der Waals surface area contributed by atoms with Gasteiger partial charge in [-0.25, -0.2) is 0 Å². The van der Waals surface area contributed by atoms with Crippen molar-refractivity contribution in [3.8, 4) is 5.75 Å². The normalized spacial score (nSPS) is 22.0. The Morgan fingerprint density at radius 1 is 1.26 bits per heavy atom. The Morgan fingerprint density at radius 2 is 1.87 bits per heavy atom. The molecule has 2 aliphatic rings. The molecule has 6 nitrogen and oxygen atoms in total. The van der Waals surface area contributed by atoms with Crippen LogP contribution < -0.4 is 15.5 Å². The summed E-state index contributed by atoms with van der Waals surface area (Å²) in [6, 6.07) is 0. The molecular formula is C16H23BN2O4. The Balaban J connectivity index is 2.00. The van der Waals surface area contributed by atoms with E-state index in [1.807, 2.05) is 27.7 Å². The first-order valence-corrected chi connectivity index (χ1v) is 7.97. The second-order valence-corrected chi connectivity index (χ2v) is 7.09. The zero-order valence-electron chi connectivity index (χ0n) is 14.3. The van der Waals surface area contributed by atoms with Crippen molar-refractivity contribution in [1.82, 2.24) is 10.3 Å². The molecule has 7 heteroatoms. The van der Waals surface area contributed by atoms with Crippen LogP contribution in [0.4, 0.5) is 0 Å². The molecule has 0 bridgehead atoms. The highest BCUT2D eigenvalue weighted by atomic mass is 16.7. The minimum atomic E-state index is -0.606. The van der Waals surface area contributed by atoms with E-state index in [2.05, 4.69) is 10.3 Å². The van der Waals surface area contributed by atoms with Crippen LogP contribution in [0.5, 0.6) is 5.75 Å². The third-order valence-electron chi connectivity index (χ3n) is 4.71. The number of carbonyl (C=O) groups excluding carboxylic acids is 1. The lowest BCUT2D eigenvalue weighted by molar-refractivity contribution is 0.00578. The van der Waals surface area contributed by atoms with Crippen molar-refractivity contribution >= 4 is 18.5 Å². The lowest BCUT2D eigenvalue weighted by Crippen LogP contribution is -2.41. The maximum Gasteiger partial charge on any atom is 0.500 e.